The van der Waals surface area contributed by atoms with E-state index in [1.54, 1.807) is 18.2 Å². The van der Waals surface area contributed by atoms with Gasteiger partial charge in [0, 0.05) is 33.7 Å². The van der Waals surface area contributed by atoms with E-state index in [2.05, 4.69) is 11.4 Å². The van der Waals surface area contributed by atoms with Gasteiger partial charge in [0.1, 0.15) is 5.57 Å². The molecule has 0 spiro atoms. The molecule has 8 heteroatoms. The lowest BCUT2D eigenvalue weighted by atomic mass is 10.0. The number of hydrogen-bond acceptors (Lipinski definition) is 4. The quantitative estimate of drug-likeness (QED) is 0.291. The van der Waals surface area contributed by atoms with E-state index in [0.717, 1.165) is 32.6 Å². The molecule has 1 aliphatic heterocycles. The van der Waals surface area contributed by atoms with Crippen molar-refractivity contribution in [3.8, 4) is 6.07 Å². The number of aromatic nitrogens is 1. The second kappa shape index (κ2) is 9.41. The Kier molecular flexibility index (Phi) is 6.12. The van der Waals surface area contributed by atoms with Crippen molar-refractivity contribution in [1.29, 1.82) is 5.26 Å². The SMILES string of the molecule is Cc1ccc(N2C(=O)NC(=O)/C(=C/c3c(C)n(Cc4ccccc4C#N)c4ccccc34)C2=O)cc1Cl. The van der Waals surface area contributed by atoms with Gasteiger partial charge in [-0.2, -0.15) is 5.26 Å². The molecule has 0 bridgehead atoms. The smallest absolute Gasteiger partial charge is 0.335 e. The lowest BCUT2D eigenvalue weighted by molar-refractivity contribution is -0.122. The van der Waals surface area contributed by atoms with Crippen LogP contribution in [0, 0.1) is 25.2 Å². The van der Waals surface area contributed by atoms with E-state index < -0.39 is 17.8 Å². The summed E-state index contributed by atoms with van der Waals surface area (Å²) in [6.07, 6.45) is 1.53. The highest BCUT2D eigenvalue weighted by atomic mass is 35.5. The number of aryl methyl sites for hydroxylation is 1. The van der Waals surface area contributed by atoms with Crippen molar-refractivity contribution < 1.29 is 14.4 Å². The number of nitrogens with one attached hydrogen (secondary N) is 1. The van der Waals surface area contributed by atoms with Crippen molar-refractivity contribution in [2.45, 2.75) is 20.4 Å². The Hall–Kier alpha value is -4.67. The van der Waals surface area contributed by atoms with Gasteiger partial charge in [0.2, 0.25) is 0 Å². The number of halogens is 1. The fraction of sp³-hybridized carbons (Fsp3) is 0.103. The number of hydrogen-bond donors (Lipinski definition) is 1. The van der Waals surface area contributed by atoms with Gasteiger partial charge in [-0.25, -0.2) is 9.69 Å². The lowest BCUT2D eigenvalue weighted by Crippen LogP contribution is -2.54. The Labute approximate surface area is 218 Å². The molecule has 1 N–H and O–H groups in total. The van der Waals surface area contributed by atoms with Gasteiger partial charge in [-0.1, -0.05) is 54.1 Å². The first-order chi connectivity index (χ1) is 17.8. The second-order valence-corrected chi connectivity index (χ2v) is 9.17. The molecule has 2 heterocycles. The van der Waals surface area contributed by atoms with E-state index in [1.165, 1.54) is 12.1 Å². The van der Waals surface area contributed by atoms with Crippen LogP contribution in [-0.2, 0) is 16.1 Å². The predicted octanol–water partition coefficient (Wildman–Crippen LogP) is 5.50. The highest BCUT2D eigenvalue weighted by molar-refractivity contribution is 6.39. The standard InChI is InChI=1S/C29H21ClN4O3/c1-17-11-12-21(13-25(17)30)34-28(36)24(27(35)32-29(34)37)14-23-18(2)33(26-10-6-5-9-22(23)26)16-20-8-4-3-7-19(20)15-31/h3-14H,16H2,1-2H3,(H,32,35,37)/b24-14-. The Bertz CT molecular complexity index is 1690. The summed E-state index contributed by atoms with van der Waals surface area (Å²) in [6, 6.07) is 21.3. The van der Waals surface area contributed by atoms with Gasteiger partial charge < -0.3 is 4.57 Å². The second-order valence-electron chi connectivity index (χ2n) is 8.76. The molecule has 0 radical (unpaired) electrons. The van der Waals surface area contributed by atoms with Gasteiger partial charge in [0.05, 0.1) is 17.3 Å². The zero-order valence-corrected chi connectivity index (χ0v) is 20.8. The van der Waals surface area contributed by atoms with Crippen molar-refractivity contribution in [2.24, 2.45) is 0 Å². The fourth-order valence-corrected chi connectivity index (χ4v) is 4.71. The van der Waals surface area contributed by atoms with E-state index in [4.69, 9.17) is 11.6 Å². The van der Waals surface area contributed by atoms with Crippen molar-refractivity contribution in [3.63, 3.8) is 0 Å². The molecule has 7 nitrogen and oxygen atoms in total. The van der Waals surface area contributed by atoms with Crippen LogP contribution < -0.4 is 10.2 Å². The van der Waals surface area contributed by atoms with Crippen LogP contribution in [0.5, 0.6) is 0 Å². The number of para-hydroxylation sites is 1. The molecule has 1 aromatic heterocycles. The van der Waals surface area contributed by atoms with Crippen molar-refractivity contribution >= 4 is 52.1 Å². The molecule has 0 unspecified atom stereocenters. The van der Waals surface area contributed by atoms with E-state index in [-0.39, 0.29) is 11.3 Å². The first-order valence-corrected chi connectivity index (χ1v) is 11.9. The van der Waals surface area contributed by atoms with Gasteiger partial charge in [0.25, 0.3) is 11.8 Å². The summed E-state index contributed by atoms with van der Waals surface area (Å²) >= 11 is 6.23. The highest BCUT2D eigenvalue weighted by Crippen LogP contribution is 2.31. The number of carbonyl (C=O) groups is 3. The van der Waals surface area contributed by atoms with Crippen LogP contribution in [0.3, 0.4) is 0 Å². The summed E-state index contributed by atoms with van der Waals surface area (Å²) in [6.45, 7) is 4.15. The van der Waals surface area contributed by atoms with Crippen molar-refractivity contribution in [2.75, 3.05) is 4.90 Å². The molecule has 0 atom stereocenters. The lowest BCUT2D eigenvalue weighted by Gasteiger charge is -2.26. The summed E-state index contributed by atoms with van der Waals surface area (Å²) in [4.78, 5) is 39.8. The van der Waals surface area contributed by atoms with Crippen molar-refractivity contribution in [1.82, 2.24) is 9.88 Å². The molecular weight excluding hydrogens is 488 g/mol. The molecule has 1 fully saturated rings. The normalized spacial score (nSPS) is 14.8. The van der Waals surface area contributed by atoms with Crippen LogP contribution in [0.15, 0.2) is 72.3 Å². The largest absolute Gasteiger partial charge is 0.340 e. The van der Waals surface area contributed by atoms with Gasteiger partial charge in [-0.05, 0) is 55.3 Å². The molecule has 3 aromatic carbocycles. The number of nitrogens with zero attached hydrogens (tertiary/aromatic N) is 3. The number of imide groups is 2. The van der Waals surface area contributed by atoms with E-state index >= 15 is 0 Å². The van der Waals surface area contributed by atoms with E-state index in [1.807, 2.05) is 60.9 Å². The third-order valence-electron chi connectivity index (χ3n) is 6.55. The number of anilines is 1. The molecular formula is C29H21ClN4O3. The maximum atomic E-state index is 13.5. The average molecular weight is 509 g/mol. The number of amides is 4. The summed E-state index contributed by atoms with van der Waals surface area (Å²) in [7, 11) is 0. The van der Waals surface area contributed by atoms with Gasteiger partial charge in [-0.15, -0.1) is 0 Å². The number of carbonyl (C=O) groups excluding carboxylic acids is 3. The minimum absolute atomic E-state index is 0.167. The third-order valence-corrected chi connectivity index (χ3v) is 6.96. The summed E-state index contributed by atoms with van der Waals surface area (Å²) in [5, 5.41) is 13.0. The van der Waals surface area contributed by atoms with E-state index in [9.17, 15) is 19.6 Å². The molecule has 4 amide bonds. The molecule has 0 saturated carbocycles. The number of nitriles is 1. The summed E-state index contributed by atoms with van der Waals surface area (Å²) in [5.41, 5.74) is 4.71. The summed E-state index contributed by atoms with van der Waals surface area (Å²) < 4.78 is 2.05. The molecule has 0 aliphatic carbocycles. The van der Waals surface area contributed by atoms with Crippen LogP contribution in [0.25, 0.3) is 17.0 Å². The van der Waals surface area contributed by atoms with Crippen LogP contribution >= 0.6 is 11.6 Å². The van der Waals surface area contributed by atoms with Crippen LogP contribution in [0.1, 0.15) is 27.9 Å². The molecule has 37 heavy (non-hydrogen) atoms. The molecule has 1 saturated heterocycles. The zero-order chi connectivity index (χ0) is 26.3. The number of benzene rings is 3. The van der Waals surface area contributed by atoms with E-state index in [0.29, 0.717) is 22.7 Å². The number of rotatable bonds is 4. The maximum Gasteiger partial charge on any atom is 0.335 e. The third kappa shape index (κ3) is 4.18. The number of urea groups is 1. The Morgan fingerprint density at radius 3 is 2.49 bits per heavy atom. The number of barbiturate groups is 1. The monoisotopic (exact) mass is 508 g/mol. The fourth-order valence-electron chi connectivity index (χ4n) is 4.54. The first kappa shape index (κ1) is 24.0. The maximum absolute atomic E-state index is 13.5. The van der Waals surface area contributed by atoms with Gasteiger partial charge in [0.15, 0.2) is 0 Å². The Balaban J connectivity index is 1.63. The molecule has 182 valence electrons. The van der Waals surface area contributed by atoms with Crippen LogP contribution in [-0.4, -0.2) is 22.4 Å². The average Bonchev–Trinajstić information content (AvgIpc) is 3.14. The molecule has 5 rings (SSSR count). The Morgan fingerprint density at radius 1 is 1.00 bits per heavy atom. The zero-order valence-electron chi connectivity index (χ0n) is 20.1. The van der Waals surface area contributed by atoms with Gasteiger partial charge in [-0.3, -0.25) is 14.9 Å². The van der Waals surface area contributed by atoms with Crippen molar-refractivity contribution in [3.05, 3.63) is 105 Å². The molecule has 1 aliphatic rings. The Morgan fingerprint density at radius 2 is 1.73 bits per heavy atom. The first-order valence-electron chi connectivity index (χ1n) is 11.5. The minimum atomic E-state index is -0.834. The van der Waals surface area contributed by atoms with Gasteiger partial charge >= 0.3 is 6.03 Å². The van der Waals surface area contributed by atoms with Crippen LogP contribution in [0.2, 0.25) is 5.02 Å². The predicted molar refractivity (Wildman–Crippen MR) is 142 cm³/mol. The summed E-state index contributed by atoms with van der Waals surface area (Å²) in [5.74, 6) is -1.50. The van der Waals surface area contributed by atoms with Crippen LogP contribution in [0.4, 0.5) is 10.5 Å². The topological polar surface area (TPSA) is 95.2 Å². The minimum Gasteiger partial charge on any atom is -0.340 e. The molecule has 4 aromatic rings. The highest BCUT2D eigenvalue weighted by Gasteiger charge is 2.37. The number of fused-ring (bicyclic) bond motifs is 1.